The minimum Gasteiger partial charge on any atom is -0.368 e. The quantitative estimate of drug-likeness (QED) is 0.520. The molecule has 0 bridgehead atoms. The zero-order valence-electron chi connectivity index (χ0n) is 19.5. The molecule has 1 atom stereocenters. The zero-order valence-corrected chi connectivity index (χ0v) is 19.5. The highest BCUT2D eigenvalue weighted by atomic mass is 16.2. The number of hydrogen-bond donors (Lipinski definition) is 0. The Hall–Kier alpha value is -4.00. The van der Waals surface area contributed by atoms with Crippen LogP contribution in [0.15, 0.2) is 85.2 Å². The molecule has 0 N–H and O–H groups in total. The van der Waals surface area contributed by atoms with E-state index in [1.165, 1.54) is 4.90 Å². The third-order valence-corrected chi connectivity index (χ3v) is 7.01. The number of benzene rings is 2. The number of hydrogen-bond acceptors (Lipinski definition) is 5. The first-order chi connectivity index (χ1) is 17.1. The number of piperazine rings is 1. The van der Waals surface area contributed by atoms with E-state index in [4.69, 9.17) is 0 Å². The Labute approximate surface area is 205 Å². The Bertz CT molecular complexity index is 1190. The summed E-state index contributed by atoms with van der Waals surface area (Å²) in [5.41, 5.74) is 1.45. The lowest BCUT2D eigenvalue weighted by atomic mass is 9.75. The van der Waals surface area contributed by atoms with E-state index >= 15 is 0 Å². The fourth-order valence-electron chi connectivity index (χ4n) is 5.08. The Morgan fingerprint density at radius 3 is 2.20 bits per heavy atom. The fourth-order valence-corrected chi connectivity index (χ4v) is 5.08. The first-order valence-corrected chi connectivity index (χ1v) is 11.9. The maximum absolute atomic E-state index is 13.8. The van der Waals surface area contributed by atoms with Crippen LogP contribution in [0, 0.1) is 0 Å². The van der Waals surface area contributed by atoms with Gasteiger partial charge in [-0.05, 0) is 29.3 Å². The van der Waals surface area contributed by atoms with Crippen molar-refractivity contribution in [3.05, 3.63) is 96.3 Å². The summed E-state index contributed by atoms with van der Waals surface area (Å²) < 4.78 is 0. The monoisotopic (exact) mass is 468 g/mol. The van der Waals surface area contributed by atoms with Gasteiger partial charge in [-0.15, -0.1) is 0 Å². The van der Waals surface area contributed by atoms with Crippen LogP contribution in [0.5, 0.6) is 0 Å². The van der Waals surface area contributed by atoms with Crippen LogP contribution < -0.4 is 4.90 Å². The zero-order chi connectivity index (χ0) is 24.3. The van der Waals surface area contributed by atoms with Gasteiger partial charge >= 0.3 is 0 Å². The van der Waals surface area contributed by atoms with Crippen LogP contribution in [0.1, 0.15) is 24.0 Å². The van der Waals surface area contributed by atoms with Gasteiger partial charge in [0.25, 0.3) is 0 Å². The van der Waals surface area contributed by atoms with E-state index in [-0.39, 0.29) is 37.1 Å². The lowest BCUT2D eigenvalue weighted by Crippen LogP contribution is -2.51. The molecule has 3 aromatic rings. The lowest BCUT2D eigenvalue weighted by Gasteiger charge is -2.37. The van der Waals surface area contributed by atoms with Gasteiger partial charge in [0.2, 0.25) is 17.7 Å². The molecule has 1 aromatic heterocycles. The highest BCUT2D eigenvalue weighted by molar-refractivity contribution is 6.10. The third-order valence-electron chi connectivity index (χ3n) is 7.01. The molecule has 0 aliphatic carbocycles. The van der Waals surface area contributed by atoms with E-state index in [1.54, 1.807) is 18.5 Å². The maximum Gasteiger partial charge on any atom is 0.241 e. The van der Waals surface area contributed by atoms with Crippen LogP contribution in [0.2, 0.25) is 0 Å². The van der Waals surface area contributed by atoms with Crippen LogP contribution in [0.3, 0.4) is 0 Å². The molecular formula is C28H28N4O3. The van der Waals surface area contributed by atoms with Crippen molar-refractivity contribution in [3.8, 4) is 0 Å². The van der Waals surface area contributed by atoms with E-state index in [9.17, 15) is 14.4 Å². The van der Waals surface area contributed by atoms with Crippen molar-refractivity contribution in [2.45, 2.75) is 24.8 Å². The predicted octanol–water partition coefficient (Wildman–Crippen LogP) is 3.02. The number of carbonyl (C=O) groups is 3. The molecule has 0 spiro atoms. The first kappa shape index (κ1) is 22.8. The standard InChI is InChI=1S/C28H28N4O3/c33-25(31-16-14-30(15-17-31)24-11-5-2-6-12-24)18-28(23-9-3-1-4-10-23)19-26(34)32(27(28)35)21-22-8-7-13-29-20-22/h1-13,20H,14-19,21H2. The van der Waals surface area contributed by atoms with E-state index < -0.39 is 5.41 Å². The van der Waals surface area contributed by atoms with Crippen molar-refractivity contribution in [1.82, 2.24) is 14.8 Å². The molecule has 2 aromatic carbocycles. The summed E-state index contributed by atoms with van der Waals surface area (Å²) in [6.07, 6.45) is 3.28. The van der Waals surface area contributed by atoms with E-state index in [1.807, 2.05) is 59.5 Å². The molecule has 3 amide bonds. The average Bonchev–Trinajstić information content (AvgIpc) is 3.15. The third kappa shape index (κ3) is 4.54. The molecule has 3 heterocycles. The van der Waals surface area contributed by atoms with E-state index in [2.05, 4.69) is 22.0 Å². The van der Waals surface area contributed by atoms with Gasteiger partial charge in [-0.25, -0.2) is 0 Å². The fraction of sp³-hybridized carbons (Fsp3) is 0.286. The second kappa shape index (κ2) is 9.70. The number of anilines is 1. The van der Waals surface area contributed by atoms with Crippen molar-refractivity contribution < 1.29 is 14.4 Å². The van der Waals surface area contributed by atoms with E-state index in [0.717, 1.165) is 24.3 Å². The van der Waals surface area contributed by atoms with Gasteiger partial charge in [0.1, 0.15) is 0 Å². The van der Waals surface area contributed by atoms with Gasteiger partial charge in [-0.1, -0.05) is 54.6 Å². The smallest absolute Gasteiger partial charge is 0.241 e. The lowest BCUT2D eigenvalue weighted by molar-refractivity contribution is -0.143. The first-order valence-electron chi connectivity index (χ1n) is 11.9. The van der Waals surface area contributed by atoms with Gasteiger partial charge < -0.3 is 9.80 Å². The summed E-state index contributed by atoms with van der Waals surface area (Å²) in [5.74, 6) is -0.663. The number of nitrogens with zero attached hydrogens (tertiary/aromatic N) is 4. The van der Waals surface area contributed by atoms with Crippen molar-refractivity contribution >= 4 is 23.4 Å². The average molecular weight is 469 g/mol. The normalized spacial score (nSPS) is 20.4. The number of carbonyl (C=O) groups excluding carboxylic acids is 3. The van der Waals surface area contributed by atoms with Crippen LogP contribution in [-0.4, -0.2) is 58.7 Å². The largest absolute Gasteiger partial charge is 0.368 e. The molecule has 2 aliphatic heterocycles. The van der Waals surface area contributed by atoms with Crippen molar-refractivity contribution in [3.63, 3.8) is 0 Å². The number of amides is 3. The van der Waals surface area contributed by atoms with Gasteiger partial charge in [0.05, 0.1) is 12.0 Å². The van der Waals surface area contributed by atoms with Crippen LogP contribution in [-0.2, 0) is 26.3 Å². The second-order valence-corrected chi connectivity index (χ2v) is 9.15. The summed E-state index contributed by atoms with van der Waals surface area (Å²) in [7, 11) is 0. The van der Waals surface area contributed by atoms with Gasteiger partial charge in [0.15, 0.2) is 0 Å². The summed E-state index contributed by atoms with van der Waals surface area (Å²) in [4.78, 5) is 49.9. The molecular weight excluding hydrogens is 440 g/mol. The molecule has 178 valence electrons. The Morgan fingerprint density at radius 2 is 1.54 bits per heavy atom. The Balaban J connectivity index is 1.35. The number of para-hydroxylation sites is 1. The predicted molar refractivity (Wildman–Crippen MR) is 132 cm³/mol. The van der Waals surface area contributed by atoms with E-state index in [0.29, 0.717) is 18.7 Å². The molecule has 2 fully saturated rings. The molecule has 35 heavy (non-hydrogen) atoms. The topological polar surface area (TPSA) is 73.8 Å². The van der Waals surface area contributed by atoms with Gasteiger partial charge in [-0.3, -0.25) is 24.3 Å². The van der Waals surface area contributed by atoms with Crippen LogP contribution in [0.4, 0.5) is 5.69 Å². The van der Waals surface area contributed by atoms with Crippen molar-refractivity contribution in [1.29, 1.82) is 0 Å². The number of likely N-dealkylation sites (tertiary alicyclic amines) is 1. The number of aromatic nitrogens is 1. The minimum atomic E-state index is -1.19. The molecule has 1 unspecified atom stereocenters. The van der Waals surface area contributed by atoms with Crippen LogP contribution >= 0.6 is 0 Å². The van der Waals surface area contributed by atoms with Gasteiger partial charge in [-0.2, -0.15) is 0 Å². The number of pyridine rings is 1. The van der Waals surface area contributed by atoms with Crippen molar-refractivity contribution in [2.75, 3.05) is 31.1 Å². The maximum atomic E-state index is 13.8. The summed E-state index contributed by atoms with van der Waals surface area (Å²) >= 11 is 0. The van der Waals surface area contributed by atoms with Crippen molar-refractivity contribution in [2.24, 2.45) is 0 Å². The van der Waals surface area contributed by atoms with Crippen LogP contribution in [0.25, 0.3) is 0 Å². The summed E-state index contributed by atoms with van der Waals surface area (Å²) in [6, 6.07) is 23.0. The Kier molecular flexibility index (Phi) is 6.31. The highest BCUT2D eigenvalue weighted by Gasteiger charge is 2.54. The molecule has 5 rings (SSSR count). The Morgan fingerprint density at radius 1 is 0.857 bits per heavy atom. The van der Waals surface area contributed by atoms with Gasteiger partial charge in [0, 0.05) is 57.1 Å². The number of rotatable bonds is 6. The highest BCUT2D eigenvalue weighted by Crippen LogP contribution is 2.41. The molecule has 7 heteroatoms. The molecule has 0 radical (unpaired) electrons. The summed E-state index contributed by atoms with van der Waals surface area (Å²) in [6.45, 7) is 2.78. The molecule has 7 nitrogen and oxygen atoms in total. The second-order valence-electron chi connectivity index (χ2n) is 9.15. The number of imide groups is 1. The molecule has 0 saturated carbocycles. The minimum absolute atomic E-state index is 0.00811. The molecule has 2 saturated heterocycles. The SMILES string of the molecule is O=C(CC1(c2ccccc2)CC(=O)N(Cc2cccnc2)C1=O)N1CCN(c2ccccc2)CC1. The molecule has 2 aliphatic rings. The summed E-state index contributed by atoms with van der Waals surface area (Å²) in [5, 5.41) is 0.